The molecule has 4 nitrogen and oxygen atoms in total. The van der Waals surface area contributed by atoms with Gasteiger partial charge in [0.2, 0.25) is 5.91 Å². The fourth-order valence-corrected chi connectivity index (χ4v) is 2.45. The molecule has 0 bridgehead atoms. The summed E-state index contributed by atoms with van der Waals surface area (Å²) in [4.78, 5) is 13.9. The maximum absolute atomic E-state index is 13.4. The van der Waals surface area contributed by atoms with Crippen LogP contribution in [0.5, 0.6) is 0 Å². The van der Waals surface area contributed by atoms with Crippen molar-refractivity contribution in [3.05, 3.63) is 35.6 Å². The molecule has 0 aromatic heterocycles. The molecule has 2 rings (SSSR count). The number of hydrogen-bond acceptors (Lipinski definition) is 3. The van der Waals surface area contributed by atoms with E-state index in [1.807, 2.05) is 0 Å². The lowest BCUT2D eigenvalue weighted by Crippen LogP contribution is -2.42. The van der Waals surface area contributed by atoms with Gasteiger partial charge in [-0.2, -0.15) is 0 Å². The fourth-order valence-electron chi connectivity index (χ4n) is 2.45. The number of nitrogens with zero attached hydrogens (tertiary/aromatic N) is 1. The third kappa shape index (κ3) is 4.44. The minimum atomic E-state index is -0.288. The number of likely N-dealkylation sites (tertiary alicyclic amines) is 1. The van der Waals surface area contributed by atoms with Crippen molar-refractivity contribution in [1.29, 1.82) is 0 Å². The van der Waals surface area contributed by atoms with Crippen LogP contribution in [0.3, 0.4) is 0 Å². The summed E-state index contributed by atoms with van der Waals surface area (Å²) in [5.41, 5.74) is 6.17. The molecule has 1 aliphatic rings. The average Bonchev–Trinajstić information content (AvgIpc) is 2.85. The maximum atomic E-state index is 13.4. The quantitative estimate of drug-likeness (QED) is 0.861. The number of carbonyl (C=O) groups is 1. The number of hydrogen-bond donors (Lipinski definition) is 2. The van der Waals surface area contributed by atoms with Crippen molar-refractivity contribution >= 4 is 18.3 Å². The molecular weight excluding hydrogens is 281 g/mol. The van der Waals surface area contributed by atoms with Gasteiger partial charge in [0, 0.05) is 24.7 Å². The van der Waals surface area contributed by atoms with Gasteiger partial charge >= 0.3 is 0 Å². The third-order valence-corrected chi connectivity index (χ3v) is 3.55. The predicted molar refractivity (Wildman–Crippen MR) is 79.1 cm³/mol. The molecule has 3 N–H and O–H groups in total. The fraction of sp³-hybridized carbons (Fsp3) is 0.500. The lowest BCUT2D eigenvalue weighted by Gasteiger charge is -2.22. The van der Waals surface area contributed by atoms with E-state index in [0.29, 0.717) is 24.7 Å². The van der Waals surface area contributed by atoms with Gasteiger partial charge in [-0.3, -0.25) is 9.69 Å². The van der Waals surface area contributed by atoms with Crippen molar-refractivity contribution in [2.24, 2.45) is 5.73 Å². The molecular formula is C14H21ClFN3O. The van der Waals surface area contributed by atoms with E-state index in [9.17, 15) is 9.18 Å². The topological polar surface area (TPSA) is 58.4 Å². The van der Waals surface area contributed by atoms with Gasteiger partial charge in [0.15, 0.2) is 0 Å². The van der Waals surface area contributed by atoms with Crippen LogP contribution in [0.1, 0.15) is 18.4 Å². The molecule has 1 unspecified atom stereocenters. The van der Waals surface area contributed by atoms with E-state index in [1.165, 1.54) is 6.07 Å². The van der Waals surface area contributed by atoms with Gasteiger partial charge in [-0.15, -0.1) is 12.4 Å². The van der Waals surface area contributed by atoms with E-state index in [1.54, 1.807) is 18.2 Å². The van der Waals surface area contributed by atoms with Crippen molar-refractivity contribution in [1.82, 2.24) is 10.2 Å². The van der Waals surface area contributed by atoms with Gasteiger partial charge in [0.1, 0.15) is 5.82 Å². The molecule has 1 aromatic carbocycles. The Hall–Kier alpha value is -1.17. The summed E-state index contributed by atoms with van der Waals surface area (Å²) in [6, 6.07) is 6.77. The van der Waals surface area contributed by atoms with Gasteiger partial charge in [0.25, 0.3) is 0 Å². The molecule has 0 saturated carbocycles. The first kappa shape index (κ1) is 16.9. The van der Waals surface area contributed by atoms with E-state index >= 15 is 0 Å². The van der Waals surface area contributed by atoms with Crippen molar-refractivity contribution in [2.75, 3.05) is 19.6 Å². The van der Waals surface area contributed by atoms with Gasteiger partial charge in [-0.1, -0.05) is 18.2 Å². The lowest BCUT2D eigenvalue weighted by molar-refractivity contribution is -0.122. The summed E-state index contributed by atoms with van der Waals surface area (Å²) in [5.74, 6) is -0.368. The molecule has 20 heavy (non-hydrogen) atoms. The smallest absolute Gasteiger partial charge is 0.234 e. The van der Waals surface area contributed by atoms with Crippen molar-refractivity contribution in [3.8, 4) is 0 Å². The van der Waals surface area contributed by atoms with Crippen LogP contribution in [0.2, 0.25) is 0 Å². The molecule has 0 spiro atoms. The van der Waals surface area contributed by atoms with Gasteiger partial charge < -0.3 is 11.1 Å². The zero-order chi connectivity index (χ0) is 13.7. The summed E-state index contributed by atoms with van der Waals surface area (Å²) < 4.78 is 13.4. The molecule has 1 atom stereocenters. The van der Waals surface area contributed by atoms with Gasteiger partial charge in [-0.25, -0.2) is 4.39 Å². The van der Waals surface area contributed by atoms with Crippen LogP contribution < -0.4 is 11.1 Å². The predicted octanol–water partition coefficient (Wildman–Crippen LogP) is 1.29. The van der Waals surface area contributed by atoms with E-state index in [2.05, 4.69) is 10.2 Å². The summed E-state index contributed by atoms with van der Waals surface area (Å²) in [7, 11) is 0. The van der Waals surface area contributed by atoms with Crippen LogP contribution in [0.4, 0.5) is 4.39 Å². The number of carbonyl (C=O) groups excluding carboxylic acids is 1. The van der Waals surface area contributed by atoms with Crippen molar-refractivity contribution in [3.63, 3.8) is 0 Å². The number of nitrogens with two attached hydrogens (primary N) is 1. The first-order valence-electron chi connectivity index (χ1n) is 6.65. The molecule has 1 saturated heterocycles. The Morgan fingerprint density at radius 2 is 2.20 bits per heavy atom. The Balaban J connectivity index is 0.00000200. The first-order chi connectivity index (χ1) is 9.20. The SMILES string of the molecule is Cl.NCC1CCCN1CC(=O)NCc1ccccc1F. The molecule has 0 radical (unpaired) electrons. The second-order valence-electron chi connectivity index (χ2n) is 4.87. The molecule has 0 aliphatic carbocycles. The molecule has 6 heteroatoms. The summed E-state index contributed by atoms with van der Waals surface area (Å²) in [6.45, 7) is 2.07. The second-order valence-corrected chi connectivity index (χ2v) is 4.87. The standard InChI is InChI=1S/C14H20FN3O.ClH/c15-13-6-2-1-4-11(13)9-17-14(19)10-18-7-3-5-12(18)8-16;/h1-2,4,6,12H,3,5,7-10,16H2,(H,17,19);1H. The Morgan fingerprint density at radius 3 is 2.90 bits per heavy atom. The summed E-state index contributed by atoms with van der Waals surface area (Å²) in [6.07, 6.45) is 2.14. The number of nitrogens with one attached hydrogen (secondary N) is 1. The molecule has 1 aliphatic heterocycles. The Bertz CT molecular complexity index is 444. The van der Waals surface area contributed by atoms with E-state index in [4.69, 9.17) is 5.73 Å². The van der Waals surface area contributed by atoms with Crippen LogP contribution in [-0.4, -0.2) is 36.5 Å². The van der Waals surface area contributed by atoms with Crippen LogP contribution in [0, 0.1) is 5.82 Å². The molecule has 1 aromatic rings. The van der Waals surface area contributed by atoms with E-state index in [-0.39, 0.29) is 30.7 Å². The van der Waals surface area contributed by atoms with Crippen LogP contribution in [0.15, 0.2) is 24.3 Å². The minimum absolute atomic E-state index is 0. The normalized spacial score (nSPS) is 18.6. The largest absolute Gasteiger partial charge is 0.351 e. The molecule has 1 amide bonds. The highest BCUT2D eigenvalue weighted by Gasteiger charge is 2.24. The van der Waals surface area contributed by atoms with E-state index < -0.39 is 0 Å². The Kier molecular flexibility index (Phi) is 6.91. The number of benzene rings is 1. The summed E-state index contributed by atoms with van der Waals surface area (Å²) >= 11 is 0. The van der Waals surface area contributed by atoms with Crippen molar-refractivity contribution in [2.45, 2.75) is 25.4 Å². The maximum Gasteiger partial charge on any atom is 0.234 e. The second kappa shape index (κ2) is 8.19. The number of halogens is 2. The molecule has 1 fully saturated rings. The number of amides is 1. The van der Waals surface area contributed by atoms with Gasteiger partial charge in [-0.05, 0) is 25.5 Å². The van der Waals surface area contributed by atoms with Crippen LogP contribution >= 0.6 is 12.4 Å². The number of rotatable bonds is 5. The summed E-state index contributed by atoms with van der Waals surface area (Å²) in [5, 5.41) is 2.75. The lowest BCUT2D eigenvalue weighted by atomic mass is 10.2. The average molecular weight is 302 g/mol. The highest BCUT2D eigenvalue weighted by molar-refractivity contribution is 5.85. The minimum Gasteiger partial charge on any atom is -0.351 e. The van der Waals surface area contributed by atoms with Crippen molar-refractivity contribution < 1.29 is 9.18 Å². The van der Waals surface area contributed by atoms with Gasteiger partial charge in [0.05, 0.1) is 6.54 Å². The van der Waals surface area contributed by atoms with E-state index in [0.717, 1.165) is 19.4 Å². The highest BCUT2D eigenvalue weighted by atomic mass is 35.5. The zero-order valence-corrected chi connectivity index (χ0v) is 12.2. The monoisotopic (exact) mass is 301 g/mol. The highest BCUT2D eigenvalue weighted by Crippen LogP contribution is 2.15. The van der Waals surface area contributed by atoms with Crippen LogP contribution in [-0.2, 0) is 11.3 Å². The molecule has 1 heterocycles. The molecule has 112 valence electrons. The third-order valence-electron chi connectivity index (χ3n) is 3.55. The Morgan fingerprint density at radius 1 is 1.45 bits per heavy atom. The van der Waals surface area contributed by atoms with Crippen LogP contribution in [0.25, 0.3) is 0 Å². The Labute approximate surface area is 124 Å². The first-order valence-corrected chi connectivity index (χ1v) is 6.65. The zero-order valence-electron chi connectivity index (χ0n) is 11.3.